The molecule has 28 heavy (non-hydrogen) atoms. The van der Waals surface area contributed by atoms with Crippen LogP contribution in [0.1, 0.15) is 47.8 Å². The Labute approximate surface area is 168 Å². The topological polar surface area (TPSA) is 79.2 Å². The molecule has 6 heteroatoms. The molecule has 1 aromatic carbocycles. The van der Waals surface area contributed by atoms with Crippen LogP contribution in [0.5, 0.6) is 0 Å². The van der Waals surface area contributed by atoms with Crippen LogP contribution in [0.25, 0.3) is 0 Å². The van der Waals surface area contributed by atoms with Crippen molar-refractivity contribution in [1.29, 1.82) is 5.26 Å². The molecule has 5 nitrogen and oxygen atoms in total. The van der Waals surface area contributed by atoms with Gasteiger partial charge in [-0.2, -0.15) is 5.26 Å². The van der Waals surface area contributed by atoms with Crippen LogP contribution >= 0.6 is 11.3 Å². The van der Waals surface area contributed by atoms with Crippen molar-refractivity contribution in [1.82, 2.24) is 0 Å². The zero-order valence-corrected chi connectivity index (χ0v) is 16.6. The van der Waals surface area contributed by atoms with Crippen molar-refractivity contribution in [2.24, 2.45) is 5.92 Å². The van der Waals surface area contributed by atoms with Crippen LogP contribution in [-0.4, -0.2) is 18.5 Å². The zero-order chi connectivity index (χ0) is 19.7. The summed E-state index contributed by atoms with van der Waals surface area (Å²) in [5.74, 6) is -0.163. The summed E-state index contributed by atoms with van der Waals surface area (Å²) < 4.78 is 5.32. The van der Waals surface area contributed by atoms with Crippen LogP contribution in [0, 0.1) is 17.2 Å². The monoisotopic (exact) mass is 394 g/mol. The number of hydrogen-bond donors (Lipinski definition) is 1. The van der Waals surface area contributed by atoms with Crippen LogP contribution in [0.3, 0.4) is 0 Å². The molecular formula is C22H22N2O3S. The summed E-state index contributed by atoms with van der Waals surface area (Å²) in [7, 11) is 0. The molecule has 144 valence electrons. The predicted molar refractivity (Wildman–Crippen MR) is 107 cm³/mol. The van der Waals surface area contributed by atoms with Crippen molar-refractivity contribution in [3.05, 3.63) is 51.9 Å². The lowest BCUT2D eigenvalue weighted by Gasteiger charge is -2.17. The number of hydrogen-bond acceptors (Lipinski definition) is 5. The molecule has 0 saturated heterocycles. The number of ether oxygens (including phenoxy) is 1. The van der Waals surface area contributed by atoms with Crippen molar-refractivity contribution >= 4 is 28.2 Å². The quantitative estimate of drug-likeness (QED) is 0.779. The van der Waals surface area contributed by atoms with Gasteiger partial charge in [0.1, 0.15) is 11.1 Å². The second-order valence-electron chi connectivity index (χ2n) is 7.74. The zero-order valence-electron chi connectivity index (χ0n) is 15.8. The average molecular weight is 394 g/mol. The minimum atomic E-state index is -0.600. The van der Waals surface area contributed by atoms with Gasteiger partial charge in [-0.1, -0.05) is 37.3 Å². The largest absolute Gasteiger partial charge is 0.455 e. The van der Waals surface area contributed by atoms with E-state index in [1.54, 1.807) is 0 Å². The number of amides is 1. The number of rotatable bonds is 5. The molecule has 1 N–H and O–H groups in total. The van der Waals surface area contributed by atoms with Gasteiger partial charge in [0.15, 0.2) is 6.61 Å². The summed E-state index contributed by atoms with van der Waals surface area (Å²) in [5, 5.41) is 12.9. The molecule has 2 aliphatic carbocycles. The van der Waals surface area contributed by atoms with Gasteiger partial charge in [-0.3, -0.25) is 9.59 Å². The minimum Gasteiger partial charge on any atom is -0.455 e. The molecule has 1 fully saturated rings. The molecule has 2 aliphatic rings. The Morgan fingerprint density at radius 1 is 1.32 bits per heavy atom. The molecule has 0 aliphatic heterocycles. The summed E-state index contributed by atoms with van der Waals surface area (Å²) in [6.45, 7) is 1.87. The highest BCUT2D eigenvalue weighted by atomic mass is 32.1. The molecule has 1 amide bonds. The summed E-state index contributed by atoms with van der Waals surface area (Å²) >= 11 is 1.47. The van der Waals surface area contributed by atoms with E-state index in [-0.39, 0.29) is 12.6 Å². The SMILES string of the molecule is C[C@@H]1CCc2c(sc(NC(=O)COC(=O)C3(c4ccccc4)CC3)c2C#N)C1. The van der Waals surface area contributed by atoms with Gasteiger partial charge in [-0.25, -0.2) is 0 Å². The molecule has 1 saturated carbocycles. The Morgan fingerprint density at radius 2 is 2.07 bits per heavy atom. The number of fused-ring (bicyclic) bond motifs is 1. The fourth-order valence-electron chi connectivity index (χ4n) is 3.88. The van der Waals surface area contributed by atoms with Gasteiger partial charge in [0.25, 0.3) is 5.91 Å². The Bertz CT molecular complexity index is 954. The molecule has 0 radical (unpaired) electrons. The molecule has 4 rings (SSSR count). The molecule has 0 unspecified atom stereocenters. The Balaban J connectivity index is 1.39. The minimum absolute atomic E-state index is 0.336. The lowest BCUT2D eigenvalue weighted by Crippen LogP contribution is -2.28. The van der Waals surface area contributed by atoms with E-state index in [4.69, 9.17) is 4.74 Å². The first kappa shape index (κ1) is 18.7. The second kappa shape index (κ2) is 7.40. The standard InChI is InChI=1S/C22H22N2O3S/c1-14-7-8-16-17(12-23)20(28-18(16)11-14)24-19(25)13-27-21(26)22(9-10-22)15-5-3-2-4-6-15/h2-6,14H,7-11,13H2,1H3,(H,24,25)/t14-/m1/s1. The summed E-state index contributed by atoms with van der Waals surface area (Å²) in [6, 6.07) is 11.8. The highest BCUT2D eigenvalue weighted by molar-refractivity contribution is 7.16. The first-order valence-electron chi connectivity index (χ1n) is 9.61. The smallest absolute Gasteiger partial charge is 0.317 e. The number of carbonyl (C=O) groups excluding carboxylic acids is 2. The van der Waals surface area contributed by atoms with Gasteiger partial charge < -0.3 is 10.1 Å². The number of carbonyl (C=O) groups is 2. The third kappa shape index (κ3) is 3.43. The van der Waals surface area contributed by atoms with Gasteiger partial charge in [-0.15, -0.1) is 11.3 Å². The number of nitrogens with one attached hydrogen (secondary N) is 1. The first-order valence-corrected chi connectivity index (χ1v) is 10.4. The number of anilines is 1. The highest BCUT2D eigenvalue weighted by Crippen LogP contribution is 2.49. The van der Waals surface area contributed by atoms with E-state index in [0.717, 1.165) is 43.2 Å². The predicted octanol–water partition coefficient (Wildman–Crippen LogP) is 3.96. The van der Waals surface area contributed by atoms with Crippen LogP contribution in [-0.2, 0) is 32.6 Å². The van der Waals surface area contributed by atoms with E-state index in [1.165, 1.54) is 16.2 Å². The summed E-state index contributed by atoms with van der Waals surface area (Å²) in [5.41, 5.74) is 1.97. The molecule has 1 aromatic heterocycles. The number of esters is 1. The van der Waals surface area contributed by atoms with Gasteiger partial charge in [0, 0.05) is 4.88 Å². The van der Waals surface area contributed by atoms with Crippen LogP contribution in [0.4, 0.5) is 5.00 Å². The lowest BCUT2D eigenvalue weighted by molar-refractivity contribution is -0.150. The number of thiophene rings is 1. The highest BCUT2D eigenvalue weighted by Gasteiger charge is 2.52. The average Bonchev–Trinajstić information content (AvgIpc) is 3.44. The first-order chi connectivity index (χ1) is 13.5. The lowest BCUT2D eigenvalue weighted by atomic mass is 9.89. The fraction of sp³-hybridized carbons (Fsp3) is 0.409. The van der Waals surface area contributed by atoms with Crippen molar-refractivity contribution in [2.45, 2.75) is 44.4 Å². The summed E-state index contributed by atoms with van der Waals surface area (Å²) in [4.78, 5) is 26.1. The van der Waals surface area contributed by atoms with Gasteiger partial charge in [0.05, 0.1) is 11.0 Å². The Hall–Kier alpha value is -2.65. The third-order valence-corrected chi connectivity index (χ3v) is 6.85. The Kier molecular flexibility index (Phi) is 4.94. The maximum absolute atomic E-state index is 12.6. The molecular weight excluding hydrogens is 372 g/mol. The van der Waals surface area contributed by atoms with E-state index in [0.29, 0.717) is 16.5 Å². The number of nitriles is 1. The molecule has 1 atom stereocenters. The van der Waals surface area contributed by atoms with Crippen molar-refractivity contribution in [3.8, 4) is 6.07 Å². The van der Waals surface area contributed by atoms with Gasteiger partial charge in [-0.05, 0) is 49.1 Å². The van der Waals surface area contributed by atoms with E-state index in [1.807, 2.05) is 30.3 Å². The van der Waals surface area contributed by atoms with E-state index in [9.17, 15) is 14.9 Å². The maximum atomic E-state index is 12.6. The fourth-order valence-corrected chi connectivity index (χ4v) is 5.26. The van der Waals surface area contributed by atoms with Crippen molar-refractivity contribution in [2.75, 3.05) is 11.9 Å². The van der Waals surface area contributed by atoms with Crippen LogP contribution < -0.4 is 5.32 Å². The molecule has 0 bridgehead atoms. The van der Waals surface area contributed by atoms with Crippen LogP contribution in [0.2, 0.25) is 0 Å². The maximum Gasteiger partial charge on any atom is 0.317 e. The normalized spacial score (nSPS) is 19.2. The summed E-state index contributed by atoms with van der Waals surface area (Å²) in [6.07, 6.45) is 4.36. The van der Waals surface area contributed by atoms with Crippen molar-refractivity contribution < 1.29 is 14.3 Å². The van der Waals surface area contributed by atoms with Crippen LogP contribution in [0.15, 0.2) is 30.3 Å². The van der Waals surface area contributed by atoms with Gasteiger partial charge >= 0.3 is 5.97 Å². The third-order valence-electron chi connectivity index (χ3n) is 5.68. The van der Waals surface area contributed by atoms with E-state index >= 15 is 0 Å². The van der Waals surface area contributed by atoms with E-state index in [2.05, 4.69) is 18.3 Å². The molecule has 1 heterocycles. The van der Waals surface area contributed by atoms with Gasteiger partial charge in [0.2, 0.25) is 0 Å². The number of nitrogens with zero attached hydrogens (tertiary/aromatic N) is 1. The second-order valence-corrected chi connectivity index (χ2v) is 8.85. The Morgan fingerprint density at radius 3 is 2.75 bits per heavy atom. The molecule has 0 spiro atoms. The number of benzene rings is 1. The van der Waals surface area contributed by atoms with E-state index < -0.39 is 11.3 Å². The molecule has 2 aromatic rings. The van der Waals surface area contributed by atoms with Crippen molar-refractivity contribution in [3.63, 3.8) is 0 Å².